The molecule has 1 aromatic carbocycles. The number of hydrogen-bond donors (Lipinski definition) is 0. The summed E-state index contributed by atoms with van der Waals surface area (Å²) < 4.78 is 13.4. The van der Waals surface area contributed by atoms with Crippen molar-refractivity contribution in [1.82, 2.24) is 4.57 Å². The zero-order valence-electron chi connectivity index (χ0n) is 10.7. The maximum atomic E-state index is 11.1. The van der Waals surface area contributed by atoms with Gasteiger partial charge in [0.1, 0.15) is 0 Å². The molecule has 0 radical (unpaired) electrons. The van der Waals surface area contributed by atoms with E-state index in [1.54, 1.807) is 14.2 Å². The highest BCUT2D eigenvalue weighted by atomic mass is 32.1. The van der Waals surface area contributed by atoms with Gasteiger partial charge in [0.25, 0.3) is 0 Å². The second-order valence-electron chi connectivity index (χ2n) is 3.75. The Hall–Kier alpha value is -1.82. The van der Waals surface area contributed by atoms with Gasteiger partial charge in [0.2, 0.25) is 5.91 Å². The normalized spacial score (nSPS) is 11.9. The Morgan fingerprint density at radius 2 is 1.89 bits per heavy atom. The van der Waals surface area contributed by atoms with Crippen LogP contribution in [0.4, 0.5) is 0 Å². The molecule has 0 saturated heterocycles. The molecule has 0 aliphatic rings. The molecule has 0 unspecified atom stereocenters. The number of hydrogen-bond acceptors (Lipinski definition) is 4. The Bertz CT molecular complexity index is 670. The Balaban J connectivity index is 2.77. The lowest BCUT2D eigenvalue weighted by Gasteiger charge is -2.07. The summed E-state index contributed by atoms with van der Waals surface area (Å²) >= 11 is 1.44. The van der Waals surface area contributed by atoms with Gasteiger partial charge in [-0.1, -0.05) is 11.3 Å². The number of nitrogens with zero attached hydrogens (tertiary/aromatic N) is 2. The summed E-state index contributed by atoms with van der Waals surface area (Å²) in [6.07, 6.45) is 0. The van der Waals surface area contributed by atoms with Gasteiger partial charge >= 0.3 is 0 Å². The van der Waals surface area contributed by atoms with Crippen molar-refractivity contribution in [3.63, 3.8) is 0 Å². The van der Waals surface area contributed by atoms with E-state index in [1.165, 1.54) is 18.3 Å². The standard InChI is InChI=1S/C12H14N2O3S/c1-7(15)13-12-14(2)8-5-9(16-3)10(17-4)6-11(8)18-12/h5-6H,1-4H3. The molecule has 0 spiro atoms. The summed E-state index contributed by atoms with van der Waals surface area (Å²) in [6.45, 7) is 1.44. The van der Waals surface area contributed by atoms with E-state index in [0.29, 0.717) is 16.3 Å². The minimum absolute atomic E-state index is 0.212. The maximum Gasteiger partial charge on any atom is 0.245 e. The first-order chi connectivity index (χ1) is 8.56. The molecule has 1 aromatic heterocycles. The number of methoxy groups -OCH3 is 2. The smallest absolute Gasteiger partial charge is 0.245 e. The fourth-order valence-corrected chi connectivity index (χ4v) is 2.77. The van der Waals surface area contributed by atoms with Crippen molar-refractivity contribution in [3.05, 3.63) is 16.9 Å². The minimum Gasteiger partial charge on any atom is -0.493 e. The van der Waals surface area contributed by atoms with Gasteiger partial charge in [-0.15, -0.1) is 0 Å². The minimum atomic E-state index is -0.212. The molecule has 0 atom stereocenters. The quantitative estimate of drug-likeness (QED) is 0.831. The number of aromatic nitrogens is 1. The van der Waals surface area contributed by atoms with Gasteiger partial charge in [0.05, 0.1) is 24.4 Å². The van der Waals surface area contributed by atoms with E-state index < -0.39 is 0 Å². The Morgan fingerprint density at radius 1 is 1.28 bits per heavy atom. The molecule has 0 aliphatic carbocycles. The fraction of sp³-hybridized carbons (Fsp3) is 0.333. The number of fused-ring (bicyclic) bond motifs is 1. The summed E-state index contributed by atoms with van der Waals surface area (Å²) in [4.78, 5) is 15.7. The van der Waals surface area contributed by atoms with Crippen molar-refractivity contribution >= 4 is 27.5 Å². The molecule has 18 heavy (non-hydrogen) atoms. The van der Waals surface area contributed by atoms with E-state index in [4.69, 9.17) is 9.47 Å². The summed E-state index contributed by atoms with van der Waals surface area (Å²) in [7, 11) is 5.06. The molecule has 1 heterocycles. The second kappa shape index (κ2) is 4.81. The van der Waals surface area contributed by atoms with E-state index in [2.05, 4.69) is 4.99 Å². The molecule has 1 amide bonds. The molecule has 0 saturated carbocycles. The number of ether oxygens (including phenoxy) is 2. The largest absolute Gasteiger partial charge is 0.493 e. The monoisotopic (exact) mass is 266 g/mol. The number of carbonyl (C=O) groups is 1. The lowest BCUT2D eigenvalue weighted by molar-refractivity contribution is -0.116. The SMILES string of the molecule is COc1cc2sc(=NC(C)=O)n(C)c2cc1OC. The van der Waals surface area contributed by atoms with E-state index in [9.17, 15) is 4.79 Å². The fourth-order valence-electron chi connectivity index (χ4n) is 1.70. The Kier molecular flexibility index (Phi) is 3.38. The number of rotatable bonds is 2. The van der Waals surface area contributed by atoms with Crippen LogP contribution in [0.3, 0.4) is 0 Å². The average molecular weight is 266 g/mol. The van der Waals surface area contributed by atoms with Crippen molar-refractivity contribution in [2.75, 3.05) is 14.2 Å². The number of benzene rings is 1. The predicted octanol–water partition coefficient (Wildman–Crippen LogP) is 1.70. The molecule has 5 nitrogen and oxygen atoms in total. The molecule has 96 valence electrons. The molecule has 0 N–H and O–H groups in total. The highest BCUT2D eigenvalue weighted by Gasteiger charge is 2.10. The highest BCUT2D eigenvalue weighted by molar-refractivity contribution is 7.16. The van der Waals surface area contributed by atoms with Gasteiger partial charge < -0.3 is 14.0 Å². The topological polar surface area (TPSA) is 52.8 Å². The lowest BCUT2D eigenvalue weighted by atomic mass is 10.3. The zero-order chi connectivity index (χ0) is 13.3. The van der Waals surface area contributed by atoms with Gasteiger partial charge in [0.15, 0.2) is 16.3 Å². The van der Waals surface area contributed by atoms with Crippen LogP contribution in [0.5, 0.6) is 11.5 Å². The van der Waals surface area contributed by atoms with Gasteiger partial charge in [0, 0.05) is 26.1 Å². The van der Waals surface area contributed by atoms with Crippen molar-refractivity contribution in [3.8, 4) is 11.5 Å². The van der Waals surface area contributed by atoms with Crippen LogP contribution in [0.15, 0.2) is 17.1 Å². The molecule has 0 aliphatic heterocycles. The second-order valence-corrected chi connectivity index (χ2v) is 4.76. The van der Waals surface area contributed by atoms with Crippen LogP contribution >= 0.6 is 11.3 Å². The molecular formula is C12H14N2O3S. The van der Waals surface area contributed by atoms with Crippen LogP contribution in [0, 0.1) is 0 Å². The summed E-state index contributed by atoms with van der Waals surface area (Å²) in [5, 5.41) is 0. The number of aryl methyl sites for hydroxylation is 1. The van der Waals surface area contributed by atoms with Crippen LogP contribution < -0.4 is 14.3 Å². The lowest BCUT2D eigenvalue weighted by Crippen LogP contribution is -2.11. The van der Waals surface area contributed by atoms with Crippen LogP contribution in [-0.2, 0) is 11.8 Å². The number of amides is 1. The van der Waals surface area contributed by atoms with Gasteiger partial charge in [-0.2, -0.15) is 4.99 Å². The zero-order valence-corrected chi connectivity index (χ0v) is 11.5. The van der Waals surface area contributed by atoms with E-state index in [1.807, 2.05) is 23.7 Å². The predicted molar refractivity (Wildman–Crippen MR) is 70.1 cm³/mol. The summed E-state index contributed by atoms with van der Waals surface area (Å²) in [5.74, 6) is 1.12. The van der Waals surface area contributed by atoms with E-state index >= 15 is 0 Å². The first-order valence-corrected chi connectivity index (χ1v) is 6.15. The van der Waals surface area contributed by atoms with Crippen molar-refractivity contribution in [2.45, 2.75) is 6.92 Å². The first kappa shape index (κ1) is 12.6. The van der Waals surface area contributed by atoms with Crippen LogP contribution in [0.25, 0.3) is 10.2 Å². The third-order valence-electron chi connectivity index (χ3n) is 2.57. The molecule has 2 rings (SSSR count). The molecule has 0 bridgehead atoms. The number of carbonyl (C=O) groups excluding carboxylic acids is 1. The van der Waals surface area contributed by atoms with Crippen LogP contribution in [0.2, 0.25) is 0 Å². The summed E-state index contributed by atoms with van der Waals surface area (Å²) in [6, 6.07) is 3.77. The molecule has 0 fully saturated rings. The van der Waals surface area contributed by atoms with Gasteiger partial charge in [-0.3, -0.25) is 4.79 Å². The Morgan fingerprint density at radius 3 is 2.44 bits per heavy atom. The molecule has 2 aromatic rings. The van der Waals surface area contributed by atoms with Crippen molar-refractivity contribution < 1.29 is 14.3 Å². The average Bonchev–Trinajstić information content (AvgIpc) is 2.63. The van der Waals surface area contributed by atoms with Crippen LogP contribution in [0.1, 0.15) is 6.92 Å². The van der Waals surface area contributed by atoms with Gasteiger partial charge in [-0.25, -0.2) is 0 Å². The van der Waals surface area contributed by atoms with Crippen LogP contribution in [-0.4, -0.2) is 24.7 Å². The third kappa shape index (κ3) is 2.11. The summed E-state index contributed by atoms with van der Waals surface area (Å²) in [5.41, 5.74) is 0.956. The highest BCUT2D eigenvalue weighted by Crippen LogP contribution is 2.32. The van der Waals surface area contributed by atoms with E-state index in [0.717, 1.165) is 10.2 Å². The molecular weight excluding hydrogens is 252 g/mol. The maximum absolute atomic E-state index is 11.1. The third-order valence-corrected chi connectivity index (χ3v) is 3.66. The van der Waals surface area contributed by atoms with Gasteiger partial charge in [-0.05, 0) is 0 Å². The molecule has 6 heteroatoms. The van der Waals surface area contributed by atoms with Crippen molar-refractivity contribution in [1.29, 1.82) is 0 Å². The Labute approximate surface area is 108 Å². The van der Waals surface area contributed by atoms with E-state index in [-0.39, 0.29) is 5.91 Å². The number of thiazole rings is 1. The first-order valence-electron chi connectivity index (χ1n) is 5.33. The van der Waals surface area contributed by atoms with Crippen molar-refractivity contribution in [2.24, 2.45) is 12.0 Å².